The van der Waals surface area contributed by atoms with Crippen molar-refractivity contribution in [1.29, 1.82) is 0 Å². The highest BCUT2D eigenvalue weighted by atomic mass is 35.5. The van der Waals surface area contributed by atoms with Crippen LogP contribution in [-0.2, 0) is 4.79 Å². The molecule has 0 spiro atoms. The minimum atomic E-state index is 0. The largest absolute Gasteiger partial charge is 0.376 e. The molecule has 1 N–H and O–H groups in total. The zero-order chi connectivity index (χ0) is 13.1. The first-order valence-corrected chi connectivity index (χ1v) is 7.43. The van der Waals surface area contributed by atoms with Crippen LogP contribution < -0.4 is 5.32 Å². The zero-order valence-electron chi connectivity index (χ0n) is 11.8. The van der Waals surface area contributed by atoms with Gasteiger partial charge in [-0.3, -0.25) is 4.79 Å². The van der Waals surface area contributed by atoms with Crippen LogP contribution in [0.15, 0.2) is 30.3 Å². The number of para-hydroxylation sites is 1. The molecule has 3 nitrogen and oxygen atoms in total. The Morgan fingerprint density at radius 1 is 1.15 bits per heavy atom. The summed E-state index contributed by atoms with van der Waals surface area (Å²) in [6, 6.07) is 10.5. The summed E-state index contributed by atoms with van der Waals surface area (Å²) in [6.07, 6.45) is 6.33. The van der Waals surface area contributed by atoms with Gasteiger partial charge in [0.15, 0.2) is 0 Å². The summed E-state index contributed by atoms with van der Waals surface area (Å²) in [4.78, 5) is 14.5. The monoisotopic (exact) mass is 294 g/mol. The van der Waals surface area contributed by atoms with Gasteiger partial charge in [-0.05, 0) is 43.7 Å². The van der Waals surface area contributed by atoms with Crippen molar-refractivity contribution in [2.45, 2.75) is 38.1 Å². The maximum Gasteiger partial charge on any atom is 0.242 e. The second kappa shape index (κ2) is 6.98. The second-order valence-electron chi connectivity index (χ2n) is 5.71. The van der Waals surface area contributed by atoms with Crippen molar-refractivity contribution in [3.05, 3.63) is 30.3 Å². The fourth-order valence-electron chi connectivity index (χ4n) is 3.60. The van der Waals surface area contributed by atoms with E-state index in [9.17, 15) is 4.79 Å². The second-order valence-corrected chi connectivity index (χ2v) is 5.71. The minimum absolute atomic E-state index is 0. The van der Waals surface area contributed by atoms with Crippen LogP contribution in [0.2, 0.25) is 0 Å². The van der Waals surface area contributed by atoms with E-state index in [-0.39, 0.29) is 18.3 Å². The van der Waals surface area contributed by atoms with Crippen molar-refractivity contribution in [3.8, 4) is 0 Å². The van der Waals surface area contributed by atoms with E-state index in [4.69, 9.17) is 0 Å². The number of piperidine rings is 1. The lowest BCUT2D eigenvalue weighted by atomic mass is 9.92. The Morgan fingerprint density at radius 3 is 2.70 bits per heavy atom. The molecule has 2 atom stereocenters. The summed E-state index contributed by atoms with van der Waals surface area (Å²) in [7, 11) is 0. The number of halogens is 1. The van der Waals surface area contributed by atoms with Crippen LogP contribution in [0.5, 0.6) is 0 Å². The number of rotatable bonds is 3. The maximum absolute atomic E-state index is 12.4. The number of benzene rings is 1. The van der Waals surface area contributed by atoms with Gasteiger partial charge in [-0.15, -0.1) is 12.4 Å². The third-order valence-electron chi connectivity index (χ3n) is 4.53. The van der Waals surface area contributed by atoms with E-state index in [1.807, 2.05) is 30.3 Å². The summed E-state index contributed by atoms with van der Waals surface area (Å²) in [5.74, 6) is 1.04. The Balaban J connectivity index is 0.00000147. The molecule has 0 bridgehead atoms. The molecule has 1 aliphatic heterocycles. The summed E-state index contributed by atoms with van der Waals surface area (Å²) in [5.41, 5.74) is 1.02. The van der Waals surface area contributed by atoms with Crippen molar-refractivity contribution >= 4 is 24.0 Å². The SMILES string of the molecule is Cl.O=C(CNc1ccccc1)N1CCCC2CCCC21. The van der Waals surface area contributed by atoms with E-state index >= 15 is 0 Å². The molecule has 20 heavy (non-hydrogen) atoms. The molecule has 1 saturated heterocycles. The van der Waals surface area contributed by atoms with Gasteiger partial charge in [0.1, 0.15) is 0 Å². The number of amides is 1. The summed E-state index contributed by atoms with van der Waals surface area (Å²) in [5, 5.41) is 3.23. The van der Waals surface area contributed by atoms with Crippen LogP contribution in [0.4, 0.5) is 5.69 Å². The molecule has 2 aliphatic rings. The molecule has 3 rings (SSSR count). The van der Waals surface area contributed by atoms with Crippen molar-refractivity contribution in [1.82, 2.24) is 4.90 Å². The van der Waals surface area contributed by atoms with Crippen LogP contribution >= 0.6 is 12.4 Å². The van der Waals surface area contributed by atoms with E-state index in [0.717, 1.165) is 18.2 Å². The lowest BCUT2D eigenvalue weighted by Gasteiger charge is -2.38. The van der Waals surface area contributed by atoms with Gasteiger partial charge in [0.2, 0.25) is 5.91 Å². The lowest BCUT2D eigenvalue weighted by molar-refractivity contribution is -0.133. The normalized spacial score (nSPS) is 24.7. The van der Waals surface area contributed by atoms with Crippen molar-refractivity contribution in [3.63, 3.8) is 0 Å². The van der Waals surface area contributed by atoms with Crippen molar-refractivity contribution < 1.29 is 4.79 Å². The Morgan fingerprint density at radius 2 is 1.90 bits per heavy atom. The molecule has 1 aliphatic carbocycles. The molecule has 0 radical (unpaired) electrons. The van der Waals surface area contributed by atoms with Crippen LogP contribution in [0.1, 0.15) is 32.1 Å². The van der Waals surface area contributed by atoms with Gasteiger partial charge in [-0.25, -0.2) is 0 Å². The number of anilines is 1. The number of nitrogens with one attached hydrogen (secondary N) is 1. The van der Waals surface area contributed by atoms with Gasteiger partial charge in [-0.1, -0.05) is 24.6 Å². The van der Waals surface area contributed by atoms with Crippen LogP contribution in [-0.4, -0.2) is 29.9 Å². The lowest BCUT2D eigenvalue weighted by Crippen LogP contribution is -2.48. The molecule has 2 fully saturated rings. The smallest absolute Gasteiger partial charge is 0.242 e. The first-order valence-electron chi connectivity index (χ1n) is 7.43. The Hall–Kier alpha value is -1.22. The van der Waals surface area contributed by atoms with E-state index in [1.54, 1.807) is 0 Å². The summed E-state index contributed by atoms with van der Waals surface area (Å²) < 4.78 is 0. The fourth-order valence-corrected chi connectivity index (χ4v) is 3.60. The van der Waals surface area contributed by atoms with Crippen LogP contribution in [0.3, 0.4) is 0 Å². The molecule has 1 aromatic carbocycles. The third kappa shape index (κ3) is 3.26. The number of likely N-dealkylation sites (tertiary alicyclic amines) is 1. The molecule has 1 saturated carbocycles. The first-order chi connectivity index (χ1) is 9.34. The number of hydrogen-bond acceptors (Lipinski definition) is 2. The average Bonchev–Trinajstić information content (AvgIpc) is 2.94. The number of fused-ring (bicyclic) bond motifs is 1. The van der Waals surface area contributed by atoms with Gasteiger partial charge in [0.05, 0.1) is 6.54 Å². The van der Waals surface area contributed by atoms with Gasteiger partial charge in [-0.2, -0.15) is 0 Å². The van der Waals surface area contributed by atoms with Crippen molar-refractivity contribution in [2.75, 3.05) is 18.4 Å². The highest BCUT2D eigenvalue weighted by Crippen LogP contribution is 2.36. The van der Waals surface area contributed by atoms with Gasteiger partial charge >= 0.3 is 0 Å². The third-order valence-corrected chi connectivity index (χ3v) is 4.53. The van der Waals surface area contributed by atoms with E-state index < -0.39 is 0 Å². The molecule has 1 heterocycles. The van der Waals surface area contributed by atoms with E-state index in [0.29, 0.717) is 12.6 Å². The molecule has 1 aromatic rings. The first kappa shape index (κ1) is 15.2. The quantitative estimate of drug-likeness (QED) is 0.927. The fraction of sp³-hybridized carbons (Fsp3) is 0.562. The van der Waals surface area contributed by atoms with Crippen LogP contribution in [0.25, 0.3) is 0 Å². The number of nitrogens with zero attached hydrogens (tertiary/aromatic N) is 1. The topological polar surface area (TPSA) is 32.3 Å². The number of hydrogen-bond donors (Lipinski definition) is 1. The Kier molecular flexibility index (Phi) is 5.30. The maximum atomic E-state index is 12.4. The molecule has 0 aromatic heterocycles. The van der Waals surface area contributed by atoms with Crippen LogP contribution in [0, 0.1) is 5.92 Å². The van der Waals surface area contributed by atoms with Crippen molar-refractivity contribution in [2.24, 2.45) is 5.92 Å². The molecular formula is C16H23ClN2O. The summed E-state index contributed by atoms with van der Waals surface area (Å²) >= 11 is 0. The Labute approximate surface area is 127 Å². The standard InChI is InChI=1S/C16H22N2O.ClH/c19-16(12-17-14-8-2-1-3-9-14)18-11-5-7-13-6-4-10-15(13)18;/h1-3,8-9,13,15,17H,4-7,10-12H2;1H. The molecule has 4 heteroatoms. The van der Waals surface area contributed by atoms with Gasteiger partial charge < -0.3 is 10.2 Å². The van der Waals surface area contributed by atoms with Gasteiger partial charge in [0, 0.05) is 18.3 Å². The predicted octanol–water partition coefficient (Wildman–Crippen LogP) is 3.31. The molecule has 1 amide bonds. The number of carbonyl (C=O) groups excluding carboxylic acids is 1. The highest BCUT2D eigenvalue weighted by Gasteiger charge is 2.36. The molecule has 110 valence electrons. The average molecular weight is 295 g/mol. The zero-order valence-corrected chi connectivity index (χ0v) is 12.6. The highest BCUT2D eigenvalue weighted by molar-refractivity contribution is 5.85. The number of carbonyl (C=O) groups is 1. The Bertz CT molecular complexity index is 437. The van der Waals surface area contributed by atoms with E-state index in [2.05, 4.69) is 10.2 Å². The van der Waals surface area contributed by atoms with Gasteiger partial charge in [0.25, 0.3) is 0 Å². The molecule has 2 unspecified atom stereocenters. The summed E-state index contributed by atoms with van der Waals surface area (Å²) in [6.45, 7) is 1.38. The minimum Gasteiger partial charge on any atom is -0.376 e. The predicted molar refractivity (Wildman–Crippen MR) is 84.3 cm³/mol. The molecular weight excluding hydrogens is 272 g/mol. The van der Waals surface area contributed by atoms with E-state index in [1.165, 1.54) is 32.1 Å².